The summed E-state index contributed by atoms with van der Waals surface area (Å²) in [5, 5.41) is 4.62. The SMILES string of the molecule is C1=C/COCc2c(ccc3ccccc23)OCCOCCOc2ccc3ccccc3c2COC/1. The highest BCUT2D eigenvalue weighted by molar-refractivity contribution is 5.88. The lowest BCUT2D eigenvalue weighted by Crippen LogP contribution is -2.13. The molecule has 0 fully saturated rings. The average molecular weight is 471 g/mol. The number of hydrogen-bond donors (Lipinski definition) is 0. The summed E-state index contributed by atoms with van der Waals surface area (Å²) in [7, 11) is 0. The first-order valence-electron chi connectivity index (χ1n) is 12.1. The topological polar surface area (TPSA) is 46.2 Å². The minimum absolute atomic E-state index is 0.459. The normalized spacial score (nSPS) is 17.1. The van der Waals surface area contributed by atoms with E-state index in [0.717, 1.165) is 33.4 Å². The summed E-state index contributed by atoms with van der Waals surface area (Å²) in [6, 6.07) is 24.8. The van der Waals surface area contributed by atoms with Crippen LogP contribution in [-0.2, 0) is 27.4 Å². The Kier molecular flexibility index (Phi) is 7.91. The van der Waals surface area contributed by atoms with E-state index < -0.39 is 0 Å². The molecule has 0 radical (unpaired) electrons. The van der Waals surface area contributed by atoms with Gasteiger partial charge in [-0.15, -0.1) is 0 Å². The molecule has 0 spiro atoms. The molecule has 0 bridgehead atoms. The molecule has 0 N–H and O–H groups in total. The van der Waals surface area contributed by atoms with E-state index in [-0.39, 0.29) is 0 Å². The first-order valence-corrected chi connectivity index (χ1v) is 12.1. The fourth-order valence-electron chi connectivity index (χ4n) is 4.32. The summed E-state index contributed by atoms with van der Waals surface area (Å²) in [4.78, 5) is 0. The van der Waals surface area contributed by atoms with Crippen LogP contribution in [0.5, 0.6) is 11.5 Å². The van der Waals surface area contributed by atoms with Gasteiger partial charge in [-0.2, -0.15) is 0 Å². The molecule has 0 atom stereocenters. The highest BCUT2D eigenvalue weighted by atomic mass is 16.5. The third-order valence-corrected chi connectivity index (χ3v) is 6.05. The molecule has 0 unspecified atom stereocenters. The van der Waals surface area contributed by atoms with Crippen molar-refractivity contribution >= 4 is 21.5 Å². The molecule has 1 heterocycles. The lowest BCUT2D eigenvalue weighted by atomic mass is 10.0. The number of hydrogen-bond acceptors (Lipinski definition) is 5. The van der Waals surface area contributed by atoms with Crippen molar-refractivity contribution < 1.29 is 23.7 Å². The molecular formula is C30H30O5. The van der Waals surface area contributed by atoms with Gasteiger partial charge < -0.3 is 23.7 Å². The van der Waals surface area contributed by atoms with E-state index in [2.05, 4.69) is 36.4 Å². The van der Waals surface area contributed by atoms with Crippen LogP contribution in [0.2, 0.25) is 0 Å². The molecule has 1 aliphatic rings. The molecule has 0 amide bonds. The molecule has 0 aromatic heterocycles. The minimum atomic E-state index is 0.459. The Morgan fingerprint density at radius 1 is 0.457 bits per heavy atom. The Bertz CT molecular complexity index is 1200. The van der Waals surface area contributed by atoms with Gasteiger partial charge in [0.25, 0.3) is 0 Å². The van der Waals surface area contributed by atoms with Gasteiger partial charge in [0.15, 0.2) is 0 Å². The molecule has 5 heteroatoms. The van der Waals surface area contributed by atoms with Crippen LogP contribution in [0.25, 0.3) is 21.5 Å². The fraction of sp³-hybridized carbons (Fsp3) is 0.267. The van der Waals surface area contributed by atoms with Crippen molar-refractivity contribution in [2.75, 3.05) is 39.6 Å². The van der Waals surface area contributed by atoms with E-state index in [9.17, 15) is 0 Å². The molecule has 180 valence electrons. The van der Waals surface area contributed by atoms with Crippen LogP contribution in [0.15, 0.2) is 84.9 Å². The van der Waals surface area contributed by atoms with Crippen molar-refractivity contribution in [1.29, 1.82) is 0 Å². The van der Waals surface area contributed by atoms with Gasteiger partial charge in [-0.25, -0.2) is 0 Å². The van der Waals surface area contributed by atoms with Gasteiger partial charge in [-0.05, 0) is 33.7 Å². The summed E-state index contributed by atoms with van der Waals surface area (Å²) >= 11 is 0. The van der Waals surface area contributed by atoms with Gasteiger partial charge in [0, 0.05) is 11.1 Å². The van der Waals surface area contributed by atoms with Gasteiger partial charge in [-0.3, -0.25) is 0 Å². The van der Waals surface area contributed by atoms with Gasteiger partial charge >= 0.3 is 0 Å². The predicted octanol–water partition coefficient (Wildman–Crippen LogP) is 6.07. The van der Waals surface area contributed by atoms with E-state index in [0.29, 0.717) is 52.9 Å². The summed E-state index contributed by atoms with van der Waals surface area (Å²) in [6.45, 7) is 3.81. The molecule has 0 saturated carbocycles. The van der Waals surface area contributed by atoms with Crippen LogP contribution in [0, 0.1) is 0 Å². The van der Waals surface area contributed by atoms with Crippen LogP contribution in [0.4, 0.5) is 0 Å². The fourth-order valence-corrected chi connectivity index (χ4v) is 4.32. The lowest BCUT2D eigenvalue weighted by Gasteiger charge is -2.15. The van der Waals surface area contributed by atoms with Gasteiger partial charge in [0.2, 0.25) is 0 Å². The molecular weight excluding hydrogens is 440 g/mol. The molecule has 5 nitrogen and oxygen atoms in total. The standard InChI is InChI=1S/C30H30O5/c1-3-9-25-23(7-1)11-13-29-27(25)21-32-15-5-6-16-33-22-28-26-10-4-2-8-24(26)12-14-30(28)35-20-18-31-17-19-34-29/h1-14H,15-22H2/b6-5+. The average Bonchev–Trinajstić information content (AvgIpc) is 2.90. The Morgan fingerprint density at radius 2 is 0.943 bits per heavy atom. The van der Waals surface area contributed by atoms with Crippen LogP contribution in [0.1, 0.15) is 11.1 Å². The van der Waals surface area contributed by atoms with Crippen LogP contribution >= 0.6 is 0 Å². The van der Waals surface area contributed by atoms with Crippen molar-refractivity contribution in [1.82, 2.24) is 0 Å². The Labute approximate surface area is 205 Å². The zero-order valence-corrected chi connectivity index (χ0v) is 19.8. The van der Waals surface area contributed by atoms with Crippen molar-refractivity contribution in [2.24, 2.45) is 0 Å². The van der Waals surface area contributed by atoms with Crippen LogP contribution in [0.3, 0.4) is 0 Å². The molecule has 0 aliphatic carbocycles. The second kappa shape index (κ2) is 11.8. The number of rotatable bonds is 0. The first kappa shape index (κ1) is 23.4. The minimum Gasteiger partial charge on any atom is -0.491 e. The highest BCUT2D eigenvalue weighted by Gasteiger charge is 2.11. The number of fused-ring (bicyclic) bond motifs is 6. The maximum absolute atomic E-state index is 6.08. The molecule has 0 saturated heterocycles. The largest absolute Gasteiger partial charge is 0.491 e. The first-order chi connectivity index (χ1) is 17.4. The van der Waals surface area contributed by atoms with Crippen LogP contribution in [-0.4, -0.2) is 39.6 Å². The summed E-state index contributed by atoms with van der Waals surface area (Å²) in [5.74, 6) is 1.66. The van der Waals surface area contributed by atoms with Crippen molar-refractivity contribution in [2.45, 2.75) is 13.2 Å². The summed E-state index contributed by atoms with van der Waals surface area (Å²) < 4.78 is 29.9. The number of ether oxygens (including phenoxy) is 5. The van der Waals surface area contributed by atoms with E-state index >= 15 is 0 Å². The van der Waals surface area contributed by atoms with Gasteiger partial charge in [-0.1, -0.05) is 72.8 Å². The third-order valence-electron chi connectivity index (χ3n) is 6.05. The summed E-state index contributed by atoms with van der Waals surface area (Å²) in [5.41, 5.74) is 2.10. The second-order valence-corrected chi connectivity index (χ2v) is 8.34. The molecule has 1 aliphatic heterocycles. The Morgan fingerprint density at radius 3 is 1.46 bits per heavy atom. The maximum Gasteiger partial charge on any atom is 0.125 e. The van der Waals surface area contributed by atoms with E-state index in [4.69, 9.17) is 23.7 Å². The van der Waals surface area contributed by atoms with Crippen molar-refractivity contribution in [3.8, 4) is 11.5 Å². The van der Waals surface area contributed by atoms with E-state index in [1.807, 2.05) is 48.6 Å². The van der Waals surface area contributed by atoms with Gasteiger partial charge in [0.1, 0.15) is 24.7 Å². The Balaban J connectivity index is 1.31. The monoisotopic (exact) mass is 470 g/mol. The molecule has 4 aromatic carbocycles. The maximum atomic E-state index is 6.08. The van der Waals surface area contributed by atoms with Crippen molar-refractivity contribution in [3.63, 3.8) is 0 Å². The van der Waals surface area contributed by atoms with E-state index in [1.54, 1.807) is 0 Å². The lowest BCUT2D eigenvalue weighted by molar-refractivity contribution is 0.0743. The zero-order valence-electron chi connectivity index (χ0n) is 19.8. The molecule has 5 rings (SSSR count). The number of benzene rings is 4. The van der Waals surface area contributed by atoms with E-state index in [1.165, 1.54) is 10.8 Å². The molecule has 4 aromatic rings. The zero-order chi connectivity index (χ0) is 23.7. The van der Waals surface area contributed by atoms with Crippen LogP contribution < -0.4 is 9.47 Å². The summed E-state index contributed by atoms with van der Waals surface area (Å²) in [6.07, 6.45) is 3.99. The highest BCUT2D eigenvalue weighted by Crippen LogP contribution is 2.30. The quantitative estimate of drug-likeness (QED) is 0.292. The smallest absolute Gasteiger partial charge is 0.125 e. The predicted molar refractivity (Wildman–Crippen MR) is 138 cm³/mol. The molecule has 35 heavy (non-hydrogen) atoms. The van der Waals surface area contributed by atoms with Gasteiger partial charge in [0.05, 0.1) is 39.6 Å². The third kappa shape index (κ3) is 5.82. The Hall–Kier alpha value is -3.38. The van der Waals surface area contributed by atoms with Crippen molar-refractivity contribution in [3.05, 3.63) is 96.1 Å². The second-order valence-electron chi connectivity index (χ2n) is 8.34.